The Labute approximate surface area is 172 Å². The summed E-state index contributed by atoms with van der Waals surface area (Å²) in [6, 6.07) is 13.4. The number of rotatable bonds is 7. The van der Waals surface area contributed by atoms with Gasteiger partial charge in [0.1, 0.15) is 5.75 Å². The molecule has 2 aromatic carbocycles. The molecule has 0 spiro atoms. The van der Waals surface area contributed by atoms with E-state index in [-0.39, 0.29) is 11.9 Å². The normalized spacial score (nSPS) is 15.4. The van der Waals surface area contributed by atoms with Gasteiger partial charge in [0.2, 0.25) is 0 Å². The topological polar surface area (TPSA) is 21.7 Å². The molecule has 0 amide bonds. The van der Waals surface area contributed by atoms with Gasteiger partial charge >= 0.3 is 0 Å². The van der Waals surface area contributed by atoms with E-state index in [9.17, 15) is 0 Å². The van der Waals surface area contributed by atoms with Gasteiger partial charge in [-0.1, -0.05) is 58.3 Å². The zero-order valence-corrected chi connectivity index (χ0v) is 19.0. The third-order valence-electron chi connectivity index (χ3n) is 5.46. The highest BCUT2D eigenvalue weighted by atomic mass is 31.1. The predicted molar refractivity (Wildman–Crippen MR) is 122 cm³/mol. The molecule has 0 N–H and O–H groups in total. The molecule has 1 atom stereocenters. The summed E-state index contributed by atoms with van der Waals surface area (Å²) >= 11 is 0. The minimum atomic E-state index is -0.0221. The van der Waals surface area contributed by atoms with Crippen molar-refractivity contribution in [3.8, 4) is 5.75 Å². The number of nitrogens with zero attached hydrogens (tertiary/aromatic N) is 1. The van der Waals surface area contributed by atoms with Crippen LogP contribution in [0.4, 0.5) is 5.69 Å². The van der Waals surface area contributed by atoms with Crippen molar-refractivity contribution in [2.75, 3.05) is 31.9 Å². The maximum absolute atomic E-state index is 6.01. The molecule has 2 aromatic rings. The number of piperidine rings is 1. The Hall–Kier alpha value is -1.57. The van der Waals surface area contributed by atoms with Gasteiger partial charge in [-0.15, -0.1) is 0 Å². The van der Waals surface area contributed by atoms with Crippen molar-refractivity contribution in [1.82, 2.24) is 0 Å². The lowest BCUT2D eigenvalue weighted by molar-refractivity contribution is 0.0496. The van der Waals surface area contributed by atoms with Crippen molar-refractivity contribution in [2.45, 2.75) is 52.1 Å². The Morgan fingerprint density at radius 3 is 2.46 bits per heavy atom. The van der Waals surface area contributed by atoms with Crippen LogP contribution in [0.5, 0.6) is 5.75 Å². The number of para-hydroxylation sites is 1. The molecule has 28 heavy (non-hydrogen) atoms. The van der Waals surface area contributed by atoms with Crippen LogP contribution in [0.25, 0.3) is 0 Å². The molecule has 1 fully saturated rings. The monoisotopic (exact) mass is 399 g/mol. The highest BCUT2D eigenvalue weighted by Crippen LogP contribution is 2.47. The fourth-order valence-corrected chi connectivity index (χ4v) is 5.66. The Morgan fingerprint density at radius 2 is 1.75 bits per heavy atom. The highest BCUT2D eigenvalue weighted by molar-refractivity contribution is 7.49. The van der Waals surface area contributed by atoms with Gasteiger partial charge in [-0.3, -0.25) is 0 Å². The standard InChI is InChI=1S/C24H34NO2P/c1-18-15-19(2)23(27-17-26-5)20(16-18)24(3,4)28-22-12-8-7-11-21(22)25-13-9-6-10-14-25/h7-8,11-12,15-16,28H,6,9-10,13-14,17H2,1-5H3. The molecule has 0 bridgehead atoms. The molecule has 0 radical (unpaired) electrons. The summed E-state index contributed by atoms with van der Waals surface area (Å²) in [5.74, 6) is 0.973. The molecule has 1 saturated heterocycles. The maximum Gasteiger partial charge on any atom is 0.188 e. The quantitative estimate of drug-likeness (QED) is 0.452. The van der Waals surface area contributed by atoms with E-state index in [4.69, 9.17) is 9.47 Å². The Balaban J connectivity index is 1.94. The highest BCUT2D eigenvalue weighted by Gasteiger charge is 2.28. The van der Waals surface area contributed by atoms with Gasteiger partial charge in [-0.2, -0.15) is 0 Å². The molecule has 0 aromatic heterocycles. The SMILES string of the molecule is COCOc1c(C)cc(C)cc1C(C)(C)Pc1ccccc1N1CCCCC1. The zero-order valence-electron chi connectivity index (χ0n) is 18.0. The number of hydrogen-bond donors (Lipinski definition) is 0. The molecule has 0 aliphatic carbocycles. The molecule has 4 heteroatoms. The molecule has 0 saturated carbocycles. The zero-order chi connectivity index (χ0) is 20.1. The molecule has 1 aliphatic heterocycles. The molecule has 1 heterocycles. The van der Waals surface area contributed by atoms with Crippen LogP contribution in [-0.4, -0.2) is 27.0 Å². The number of anilines is 1. The Morgan fingerprint density at radius 1 is 1.04 bits per heavy atom. The number of ether oxygens (including phenoxy) is 2. The molecule has 152 valence electrons. The van der Waals surface area contributed by atoms with Crippen LogP contribution in [0.1, 0.15) is 49.8 Å². The van der Waals surface area contributed by atoms with E-state index in [1.807, 2.05) is 0 Å². The van der Waals surface area contributed by atoms with Gasteiger partial charge in [-0.25, -0.2) is 0 Å². The van der Waals surface area contributed by atoms with Crippen LogP contribution in [0, 0.1) is 13.8 Å². The molecular weight excluding hydrogens is 365 g/mol. The summed E-state index contributed by atoms with van der Waals surface area (Å²) in [6.07, 6.45) is 3.95. The average molecular weight is 400 g/mol. The molecule has 3 rings (SSSR count). The van der Waals surface area contributed by atoms with Crippen LogP contribution >= 0.6 is 8.58 Å². The van der Waals surface area contributed by atoms with E-state index in [2.05, 4.69) is 69.0 Å². The van der Waals surface area contributed by atoms with Crippen LogP contribution in [0.3, 0.4) is 0 Å². The first-order chi connectivity index (χ1) is 13.4. The van der Waals surface area contributed by atoms with Gasteiger partial charge < -0.3 is 14.4 Å². The lowest BCUT2D eigenvalue weighted by atomic mass is 9.96. The molecular formula is C24H34NO2P. The van der Waals surface area contributed by atoms with Crippen molar-refractivity contribution < 1.29 is 9.47 Å². The van der Waals surface area contributed by atoms with Gasteiger partial charge in [0.15, 0.2) is 6.79 Å². The van der Waals surface area contributed by atoms with Crippen LogP contribution in [0.15, 0.2) is 36.4 Å². The first-order valence-electron chi connectivity index (χ1n) is 10.3. The lowest BCUT2D eigenvalue weighted by Crippen LogP contribution is -2.32. The summed E-state index contributed by atoms with van der Waals surface area (Å²) in [7, 11) is 2.34. The number of aryl methyl sites for hydroxylation is 2. The van der Waals surface area contributed by atoms with E-state index in [0.29, 0.717) is 8.58 Å². The van der Waals surface area contributed by atoms with Crippen LogP contribution in [-0.2, 0) is 9.89 Å². The van der Waals surface area contributed by atoms with Crippen molar-refractivity contribution in [3.05, 3.63) is 53.1 Å². The van der Waals surface area contributed by atoms with Crippen molar-refractivity contribution in [3.63, 3.8) is 0 Å². The fourth-order valence-electron chi connectivity index (χ4n) is 4.12. The maximum atomic E-state index is 6.01. The van der Waals surface area contributed by atoms with Crippen LogP contribution < -0.4 is 14.9 Å². The molecule has 1 aliphatic rings. The lowest BCUT2D eigenvalue weighted by Gasteiger charge is -2.34. The van der Waals surface area contributed by atoms with E-state index >= 15 is 0 Å². The van der Waals surface area contributed by atoms with E-state index in [1.165, 1.54) is 60.0 Å². The number of hydrogen-bond acceptors (Lipinski definition) is 3. The van der Waals surface area contributed by atoms with Gasteiger partial charge in [0, 0.05) is 36.6 Å². The van der Waals surface area contributed by atoms with E-state index in [0.717, 1.165) is 5.75 Å². The predicted octanol–water partition coefficient (Wildman–Crippen LogP) is 5.52. The second kappa shape index (κ2) is 9.29. The summed E-state index contributed by atoms with van der Waals surface area (Å²) in [6.45, 7) is 11.6. The summed E-state index contributed by atoms with van der Waals surface area (Å²) in [5, 5.41) is 1.43. The van der Waals surface area contributed by atoms with Crippen molar-refractivity contribution >= 4 is 19.6 Å². The second-order valence-corrected chi connectivity index (χ2v) is 10.4. The summed E-state index contributed by atoms with van der Waals surface area (Å²) in [4.78, 5) is 2.58. The van der Waals surface area contributed by atoms with Gasteiger partial charge in [-0.05, 0) is 50.0 Å². The summed E-state index contributed by atoms with van der Waals surface area (Å²) < 4.78 is 11.2. The average Bonchev–Trinajstić information content (AvgIpc) is 2.67. The number of methoxy groups -OCH3 is 1. The molecule has 1 unspecified atom stereocenters. The fraction of sp³-hybridized carbons (Fsp3) is 0.500. The van der Waals surface area contributed by atoms with E-state index in [1.54, 1.807) is 7.11 Å². The van der Waals surface area contributed by atoms with Gasteiger partial charge in [0.05, 0.1) is 0 Å². The van der Waals surface area contributed by atoms with E-state index < -0.39 is 0 Å². The minimum Gasteiger partial charge on any atom is -0.467 e. The molecule has 3 nitrogen and oxygen atoms in total. The third kappa shape index (κ3) is 4.88. The first kappa shape index (κ1) is 21.1. The van der Waals surface area contributed by atoms with Crippen molar-refractivity contribution in [1.29, 1.82) is 0 Å². The second-order valence-electron chi connectivity index (χ2n) is 8.32. The van der Waals surface area contributed by atoms with Gasteiger partial charge in [0.25, 0.3) is 0 Å². The van der Waals surface area contributed by atoms with Crippen molar-refractivity contribution in [2.24, 2.45) is 0 Å². The third-order valence-corrected chi connectivity index (χ3v) is 7.05. The minimum absolute atomic E-state index is 0.0221. The smallest absolute Gasteiger partial charge is 0.188 e. The Bertz CT molecular complexity index is 797. The number of benzene rings is 2. The Kier molecular flexibility index (Phi) is 7.01. The largest absolute Gasteiger partial charge is 0.467 e. The van der Waals surface area contributed by atoms with Crippen LogP contribution in [0.2, 0.25) is 0 Å². The summed E-state index contributed by atoms with van der Waals surface area (Å²) in [5.41, 5.74) is 5.14. The first-order valence-corrected chi connectivity index (χ1v) is 11.3.